The maximum atomic E-state index is 12.8. The Labute approximate surface area is 132 Å². The molecule has 1 aromatic rings. The van der Waals surface area contributed by atoms with Crippen LogP contribution in [0.3, 0.4) is 0 Å². The zero-order valence-electron chi connectivity index (χ0n) is 13.1. The molecule has 4 aliphatic heterocycles. The van der Waals surface area contributed by atoms with E-state index < -0.39 is 0 Å². The Bertz CT molecular complexity index is 829. The fraction of sp³-hybridized carbons (Fsp3) is 0.875. The van der Waals surface area contributed by atoms with Crippen LogP contribution in [0.25, 0.3) is 0 Å². The normalized spacial score (nSPS) is 56.4. The first kappa shape index (κ1) is 12.1. The molecule has 5 fully saturated rings. The molecular formula is C16H20N4O3. The number of nitrogens with zero attached hydrogens (tertiary/aromatic N) is 3. The highest BCUT2D eigenvalue weighted by Crippen LogP contribution is 2.80. The first-order valence-electron chi connectivity index (χ1n) is 8.87. The van der Waals surface area contributed by atoms with Gasteiger partial charge in [0.05, 0.1) is 25.3 Å². The second-order valence-electron chi connectivity index (χ2n) is 8.70. The molecule has 7 nitrogen and oxygen atoms in total. The minimum absolute atomic E-state index is 0.0237. The molecule has 7 heteroatoms. The van der Waals surface area contributed by atoms with Gasteiger partial charge in [0.15, 0.2) is 0 Å². The van der Waals surface area contributed by atoms with Crippen molar-refractivity contribution in [2.24, 2.45) is 29.7 Å². The average Bonchev–Trinajstić information content (AvgIpc) is 3.21. The van der Waals surface area contributed by atoms with E-state index in [0.29, 0.717) is 23.9 Å². The minimum atomic E-state index is -0.144. The van der Waals surface area contributed by atoms with Crippen molar-refractivity contribution in [1.82, 2.24) is 19.2 Å². The Balaban J connectivity index is 1.70. The SMILES string of the molecule is Cn1c(=O)n2n(c1=O)C1C3NC4CCC5CC3C2C52COCC412. The van der Waals surface area contributed by atoms with Gasteiger partial charge >= 0.3 is 11.4 Å². The summed E-state index contributed by atoms with van der Waals surface area (Å²) in [6, 6.07) is 1.02. The summed E-state index contributed by atoms with van der Waals surface area (Å²) in [5, 5.41) is 3.89. The quantitative estimate of drug-likeness (QED) is 0.682. The van der Waals surface area contributed by atoms with E-state index in [2.05, 4.69) is 5.32 Å². The predicted octanol–water partition coefficient (Wildman–Crippen LogP) is -0.769. The first-order valence-corrected chi connectivity index (χ1v) is 8.87. The van der Waals surface area contributed by atoms with Gasteiger partial charge in [-0.15, -0.1) is 0 Å². The summed E-state index contributed by atoms with van der Waals surface area (Å²) in [4.78, 5) is 25.6. The third-order valence-electron chi connectivity index (χ3n) is 8.64. The van der Waals surface area contributed by atoms with E-state index in [0.717, 1.165) is 13.2 Å². The smallest absolute Gasteiger partial charge is 0.347 e. The van der Waals surface area contributed by atoms with E-state index >= 15 is 0 Å². The number of ether oxygens (including phenoxy) is 1. The Morgan fingerprint density at radius 3 is 2.65 bits per heavy atom. The summed E-state index contributed by atoms with van der Waals surface area (Å²) < 4.78 is 11.1. The summed E-state index contributed by atoms with van der Waals surface area (Å²) in [6.07, 6.45) is 3.61. The van der Waals surface area contributed by atoms with Crippen molar-refractivity contribution < 1.29 is 4.74 Å². The molecule has 2 saturated heterocycles. The van der Waals surface area contributed by atoms with Crippen molar-refractivity contribution >= 4 is 0 Å². The van der Waals surface area contributed by atoms with Gasteiger partial charge in [-0.3, -0.25) is 0 Å². The van der Waals surface area contributed by atoms with Crippen molar-refractivity contribution in [2.75, 3.05) is 13.2 Å². The first-order chi connectivity index (χ1) is 11.1. The summed E-state index contributed by atoms with van der Waals surface area (Å²) in [6.45, 7) is 1.52. The van der Waals surface area contributed by atoms with Gasteiger partial charge in [0.2, 0.25) is 0 Å². The van der Waals surface area contributed by atoms with Crippen LogP contribution in [-0.4, -0.2) is 39.2 Å². The summed E-state index contributed by atoms with van der Waals surface area (Å²) in [5.41, 5.74) is -0.179. The molecule has 0 amide bonds. The molecule has 3 saturated carbocycles. The van der Waals surface area contributed by atoms with Gasteiger partial charge in [0.25, 0.3) is 0 Å². The zero-order valence-corrected chi connectivity index (χ0v) is 13.1. The Kier molecular flexibility index (Phi) is 1.63. The van der Waals surface area contributed by atoms with E-state index in [1.807, 2.05) is 9.36 Å². The molecule has 122 valence electrons. The molecule has 0 radical (unpaired) electrons. The lowest BCUT2D eigenvalue weighted by atomic mass is 9.46. The molecule has 7 aliphatic rings. The molecule has 2 spiro atoms. The van der Waals surface area contributed by atoms with Crippen LogP contribution in [0.4, 0.5) is 0 Å². The van der Waals surface area contributed by atoms with E-state index in [4.69, 9.17) is 4.74 Å². The molecule has 3 aliphatic carbocycles. The fourth-order valence-corrected chi connectivity index (χ4v) is 8.23. The number of nitrogens with one attached hydrogen (secondary N) is 1. The fourth-order valence-electron chi connectivity index (χ4n) is 8.23. The lowest BCUT2D eigenvalue weighted by Crippen LogP contribution is -2.68. The van der Waals surface area contributed by atoms with Crippen molar-refractivity contribution in [3.05, 3.63) is 21.0 Å². The maximum absolute atomic E-state index is 12.8. The Morgan fingerprint density at radius 1 is 1.09 bits per heavy atom. The van der Waals surface area contributed by atoms with Crippen LogP contribution < -0.4 is 16.7 Å². The Morgan fingerprint density at radius 2 is 1.83 bits per heavy atom. The number of hydrogen-bond acceptors (Lipinski definition) is 4. The number of rotatable bonds is 0. The summed E-state index contributed by atoms with van der Waals surface area (Å²) in [7, 11) is 1.62. The number of aromatic nitrogens is 3. The van der Waals surface area contributed by atoms with Crippen molar-refractivity contribution in [2.45, 2.75) is 43.4 Å². The topological polar surface area (TPSA) is 70.2 Å². The van der Waals surface area contributed by atoms with Crippen LogP contribution in [-0.2, 0) is 11.8 Å². The van der Waals surface area contributed by atoms with Crippen LogP contribution in [0.1, 0.15) is 31.3 Å². The second kappa shape index (κ2) is 3.11. The van der Waals surface area contributed by atoms with Gasteiger partial charge in [-0.05, 0) is 31.1 Å². The van der Waals surface area contributed by atoms with Gasteiger partial charge in [0.1, 0.15) is 0 Å². The van der Waals surface area contributed by atoms with E-state index in [1.54, 1.807) is 7.05 Å². The van der Waals surface area contributed by atoms with E-state index in [1.165, 1.54) is 23.8 Å². The van der Waals surface area contributed by atoms with Gasteiger partial charge in [-0.1, -0.05) is 0 Å². The second-order valence-corrected chi connectivity index (χ2v) is 8.70. The van der Waals surface area contributed by atoms with Gasteiger partial charge in [0, 0.05) is 30.0 Å². The van der Waals surface area contributed by atoms with Crippen molar-refractivity contribution in [3.8, 4) is 0 Å². The van der Waals surface area contributed by atoms with Crippen molar-refractivity contribution in [3.63, 3.8) is 0 Å². The van der Waals surface area contributed by atoms with Gasteiger partial charge in [-0.25, -0.2) is 23.5 Å². The minimum Gasteiger partial charge on any atom is -0.380 e. The summed E-state index contributed by atoms with van der Waals surface area (Å²) in [5.74, 6) is 1.13. The maximum Gasteiger partial charge on any atom is 0.347 e. The third-order valence-corrected chi connectivity index (χ3v) is 8.64. The molecule has 8 unspecified atom stereocenters. The molecular weight excluding hydrogens is 296 g/mol. The van der Waals surface area contributed by atoms with E-state index in [-0.39, 0.29) is 34.3 Å². The lowest BCUT2D eigenvalue weighted by Gasteiger charge is -2.61. The zero-order chi connectivity index (χ0) is 15.3. The lowest BCUT2D eigenvalue weighted by molar-refractivity contribution is -0.129. The molecule has 6 bridgehead atoms. The molecule has 8 rings (SSSR count). The van der Waals surface area contributed by atoms with E-state index in [9.17, 15) is 9.59 Å². The highest BCUT2D eigenvalue weighted by molar-refractivity contribution is 5.35. The van der Waals surface area contributed by atoms with Gasteiger partial charge in [-0.2, -0.15) is 0 Å². The standard InChI is InChI=1S/C16H20N4O3/c1-18-13(21)19-11-8-4-7-2-3-9-16(6-23-5-15(7,11)16)12(10(8)17-9)20(19)14(18)22/h7-12,17H,2-6H2,1H3. The van der Waals surface area contributed by atoms with Crippen LogP contribution in [0.2, 0.25) is 0 Å². The van der Waals surface area contributed by atoms with Crippen LogP contribution >= 0.6 is 0 Å². The molecule has 8 atom stereocenters. The third kappa shape index (κ3) is 0.838. The van der Waals surface area contributed by atoms with Crippen LogP contribution in [0, 0.1) is 22.7 Å². The highest BCUT2D eigenvalue weighted by atomic mass is 16.5. The molecule has 5 heterocycles. The molecule has 1 aromatic heterocycles. The highest BCUT2D eigenvalue weighted by Gasteiger charge is 2.85. The molecule has 1 N–H and O–H groups in total. The Hall–Kier alpha value is -1.34. The molecule has 23 heavy (non-hydrogen) atoms. The monoisotopic (exact) mass is 316 g/mol. The molecule has 0 aromatic carbocycles. The largest absolute Gasteiger partial charge is 0.380 e. The van der Waals surface area contributed by atoms with Crippen LogP contribution in [0.5, 0.6) is 0 Å². The summed E-state index contributed by atoms with van der Waals surface area (Å²) >= 11 is 0. The average molecular weight is 316 g/mol. The van der Waals surface area contributed by atoms with Gasteiger partial charge < -0.3 is 10.1 Å². The predicted molar refractivity (Wildman–Crippen MR) is 79.2 cm³/mol. The van der Waals surface area contributed by atoms with Crippen molar-refractivity contribution in [1.29, 1.82) is 0 Å². The number of hydrogen-bond donors (Lipinski definition) is 1. The van der Waals surface area contributed by atoms with Crippen LogP contribution in [0.15, 0.2) is 9.59 Å².